The van der Waals surface area contributed by atoms with Gasteiger partial charge in [0.2, 0.25) is 0 Å². The highest BCUT2D eigenvalue weighted by molar-refractivity contribution is 9.10. The Kier molecular flexibility index (Phi) is 3.43. The van der Waals surface area contributed by atoms with Crippen LogP contribution in [0.1, 0.15) is 19.4 Å². The lowest BCUT2D eigenvalue weighted by molar-refractivity contribution is -0.114. The van der Waals surface area contributed by atoms with Crippen LogP contribution >= 0.6 is 15.9 Å². The van der Waals surface area contributed by atoms with Crippen LogP contribution in [0.5, 0.6) is 0 Å². The summed E-state index contributed by atoms with van der Waals surface area (Å²) in [7, 11) is 0. The van der Waals surface area contributed by atoms with Gasteiger partial charge in [0.05, 0.1) is 0 Å². The molecule has 0 aliphatic rings. The minimum atomic E-state index is -0.512. The number of hydrogen-bond donors (Lipinski definition) is 0. The number of benzene rings is 1. The maximum Gasteiger partial charge on any atom is 0.126 e. The zero-order chi connectivity index (χ0) is 10.8. The maximum atomic E-state index is 13.3. The maximum absolute atomic E-state index is 13.3. The summed E-state index contributed by atoms with van der Waals surface area (Å²) < 4.78 is 14.1. The highest BCUT2D eigenvalue weighted by Gasteiger charge is 2.19. The second-order valence-electron chi connectivity index (χ2n) is 4.02. The molecule has 14 heavy (non-hydrogen) atoms. The minimum Gasteiger partial charge on any atom is -0.303 e. The molecule has 0 aromatic heterocycles. The Labute approximate surface area is 91.5 Å². The van der Waals surface area contributed by atoms with Crippen molar-refractivity contribution < 1.29 is 9.18 Å². The molecule has 3 heteroatoms. The minimum absolute atomic E-state index is 0.261. The summed E-state index contributed by atoms with van der Waals surface area (Å²) in [4.78, 5) is 10.7. The van der Waals surface area contributed by atoms with E-state index in [1.54, 1.807) is 26.0 Å². The lowest BCUT2D eigenvalue weighted by atomic mass is 9.87. The third-order valence-corrected chi connectivity index (χ3v) is 2.47. The Bertz CT molecular complexity index is 347. The third-order valence-electron chi connectivity index (χ3n) is 1.97. The van der Waals surface area contributed by atoms with Crippen LogP contribution in [-0.2, 0) is 11.2 Å². The molecule has 1 rings (SSSR count). The lowest BCUT2D eigenvalue weighted by Gasteiger charge is -2.16. The Morgan fingerprint density at radius 3 is 2.71 bits per heavy atom. The van der Waals surface area contributed by atoms with Gasteiger partial charge in [0, 0.05) is 9.89 Å². The van der Waals surface area contributed by atoms with Gasteiger partial charge in [-0.25, -0.2) is 4.39 Å². The van der Waals surface area contributed by atoms with Crippen molar-refractivity contribution in [3.05, 3.63) is 34.1 Å². The molecule has 0 bridgehead atoms. The number of rotatable bonds is 3. The molecule has 0 spiro atoms. The Morgan fingerprint density at radius 1 is 1.50 bits per heavy atom. The molecule has 1 aromatic rings. The predicted molar refractivity (Wildman–Crippen MR) is 57.6 cm³/mol. The lowest BCUT2D eigenvalue weighted by Crippen LogP contribution is -2.17. The van der Waals surface area contributed by atoms with Gasteiger partial charge >= 0.3 is 0 Å². The van der Waals surface area contributed by atoms with Crippen LogP contribution in [0.25, 0.3) is 0 Å². The van der Waals surface area contributed by atoms with Gasteiger partial charge in [0.1, 0.15) is 12.1 Å². The smallest absolute Gasteiger partial charge is 0.126 e. The SMILES string of the molecule is CC(C)(C=O)Cc1cc(Br)ccc1F. The average molecular weight is 259 g/mol. The first-order valence-corrected chi connectivity index (χ1v) is 5.14. The van der Waals surface area contributed by atoms with Crippen molar-refractivity contribution in [1.29, 1.82) is 0 Å². The highest BCUT2D eigenvalue weighted by atomic mass is 79.9. The van der Waals surface area contributed by atoms with E-state index in [0.29, 0.717) is 12.0 Å². The van der Waals surface area contributed by atoms with Gasteiger partial charge in [0.15, 0.2) is 0 Å². The number of hydrogen-bond acceptors (Lipinski definition) is 1. The normalized spacial score (nSPS) is 11.4. The van der Waals surface area contributed by atoms with E-state index in [-0.39, 0.29) is 5.82 Å². The Hall–Kier alpha value is -0.700. The molecule has 0 radical (unpaired) electrons. The summed E-state index contributed by atoms with van der Waals surface area (Å²) in [6.45, 7) is 3.58. The van der Waals surface area contributed by atoms with Crippen molar-refractivity contribution in [2.45, 2.75) is 20.3 Å². The van der Waals surface area contributed by atoms with Crippen LogP contribution in [0.4, 0.5) is 4.39 Å². The van der Waals surface area contributed by atoms with Crippen molar-refractivity contribution in [3.8, 4) is 0 Å². The molecule has 76 valence electrons. The molecule has 0 atom stereocenters. The van der Waals surface area contributed by atoms with E-state index in [1.807, 2.05) is 0 Å². The number of halogens is 2. The van der Waals surface area contributed by atoms with Gasteiger partial charge in [-0.2, -0.15) is 0 Å². The van der Waals surface area contributed by atoms with Gasteiger partial charge in [-0.1, -0.05) is 29.8 Å². The van der Waals surface area contributed by atoms with E-state index < -0.39 is 5.41 Å². The van der Waals surface area contributed by atoms with Crippen molar-refractivity contribution in [2.75, 3.05) is 0 Å². The van der Waals surface area contributed by atoms with Crippen LogP contribution < -0.4 is 0 Å². The van der Waals surface area contributed by atoms with E-state index in [2.05, 4.69) is 15.9 Å². The molecule has 0 saturated heterocycles. The number of aldehydes is 1. The largest absolute Gasteiger partial charge is 0.303 e. The second-order valence-corrected chi connectivity index (χ2v) is 4.93. The molecule has 0 heterocycles. The van der Waals surface area contributed by atoms with E-state index in [0.717, 1.165) is 10.8 Å². The zero-order valence-corrected chi connectivity index (χ0v) is 9.77. The fraction of sp³-hybridized carbons (Fsp3) is 0.364. The van der Waals surface area contributed by atoms with Crippen LogP contribution in [0, 0.1) is 11.2 Å². The van der Waals surface area contributed by atoms with Gasteiger partial charge in [-0.3, -0.25) is 0 Å². The van der Waals surface area contributed by atoms with Crippen molar-refractivity contribution in [3.63, 3.8) is 0 Å². The fourth-order valence-corrected chi connectivity index (χ4v) is 1.62. The van der Waals surface area contributed by atoms with Gasteiger partial charge < -0.3 is 4.79 Å². The quantitative estimate of drug-likeness (QED) is 0.761. The summed E-state index contributed by atoms with van der Waals surface area (Å²) >= 11 is 3.27. The van der Waals surface area contributed by atoms with Crippen molar-refractivity contribution >= 4 is 22.2 Å². The molecule has 0 N–H and O–H groups in total. The molecular weight excluding hydrogens is 247 g/mol. The highest BCUT2D eigenvalue weighted by Crippen LogP contribution is 2.23. The van der Waals surface area contributed by atoms with E-state index in [1.165, 1.54) is 6.07 Å². The van der Waals surface area contributed by atoms with Crippen LogP contribution in [0.2, 0.25) is 0 Å². The van der Waals surface area contributed by atoms with E-state index in [4.69, 9.17) is 0 Å². The molecule has 0 saturated carbocycles. The summed E-state index contributed by atoms with van der Waals surface area (Å²) in [5.41, 5.74) is 0.0539. The topological polar surface area (TPSA) is 17.1 Å². The molecular formula is C11H12BrFO. The molecule has 1 nitrogen and oxygen atoms in total. The molecule has 0 unspecified atom stereocenters. The average Bonchev–Trinajstić information content (AvgIpc) is 2.11. The van der Waals surface area contributed by atoms with Crippen LogP contribution in [0.3, 0.4) is 0 Å². The van der Waals surface area contributed by atoms with E-state index in [9.17, 15) is 9.18 Å². The van der Waals surface area contributed by atoms with Crippen LogP contribution in [0.15, 0.2) is 22.7 Å². The van der Waals surface area contributed by atoms with Gasteiger partial charge in [-0.15, -0.1) is 0 Å². The first-order chi connectivity index (χ1) is 6.44. The first kappa shape index (κ1) is 11.4. The number of carbonyl (C=O) groups excluding carboxylic acids is 1. The summed E-state index contributed by atoms with van der Waals surface area (Å²) in [5, 5.41) is 0. The summed E-state index contributed by atoms with van der Waals surface area (Å²) in [6.07, 6.45) is 1.27. The van der Waals surface area contributed by atoms with Gasteiger partial charge in [0.25, 0.3) is 0 Å². The summed E-state index contributed by atoms with van der Waals surface area (Å²) in [6, 6.07) is 4.76. The van der Waals surface area contributed by atoms with Crippen LogP contribution in [-0.4, -0.2) is 6.29 Å². The molecule has 1 aromatic carbocycles. The zero-order valence-electron chi connectivity index (χ0n) is 8.18. The number of carbonyl (C=O) groups is 1. The van der Waals surface area contributed by atoms with E-state index >= 15 is 0 Å². The molecule has 0 aliphatic heterocycles. The molecule has 0 aliphatic carbocycles. The second kappa shape index (κ2) is 4.22. The Morgan fingerprint density at radius 2 is 2.14 bits per heavy atom. The standard InChI is InChI=1S/C11H12BrFO/c1-11(2,7-14)6-8-5-9(12)3-4-10(8)13/h3-5,7H,6H2,1-2H3. The Balaban J connectivity index is 2.96. The molecule has 0 amide bonds. The predicted octanol–water partition coefficient (Wildman–Crippen LogP) is 3.36. The van der Waals surface area contributed by atoms with Gasteiger partial charge in [-0.05, 0) is 30.2 Å². The fourth-order valence-electron chi connectivity index (χ4n) is 1.21. The van der Waals surface area contributed by atoms with Crippen molar-refractivity contribution in [2.24, 2.45) is 5.41 Å². The van der Waals surface area contributed by atoms with Crippen molar-refractivity contribution in [1.82, 2.24) is 0 Å². The summed E-state index contributed by atoms with van der Waals surface area (Å²) in [5.74, 6) is -0.261. The third kappa shape index (κ3) is 2.91. The monoisotopic (exact) mass is 258 g/mol. The first-order valence-electron chi connectivity index (χ1n) is 4.35. The molecule has 0 fully saturated rings.